The third-order valence-electron chi connectivity index (χ3n) is 3.93. The van der Waals surface area contributed by atoms with Gasteiger partial charge in [-0.3, -0.25) is 0 Å². The first-order chi connectivity index (χ1) is 13.1. The first-order valence-electron chi connectivity index (χ1n) is 8.43. The Hall–Kier alpha value is -3.61. The molecular weight excluding hydrogens is 344 g/mol. The van der Waals surface area contributed by atoms with Gasteiger partial charge in [0.2, 0.25) is 0 Å². The molecule has 27 heavy (non-hydrogen) atoms. The molecule has 0 saturated carbocycles. The summed E-state index contributed by atoms with van der Waals surface area (Å²) in [5.74, 6) is 1.22. The summed E-state index contributed by atoms with van der Waals surface area (Å²) in [4.78, 5) is 19.3. The van der Waals surface area contributed by atoms with Crippen molar-refractivity contribution in [1.82, 2.24) is 9.97 Å². The molecule has 3 aromatic rings. The number of aromatic nitrogens is 2. The molecule has 0 saturated heterocycles. The lowest BCUT2D eigenvalue weighted by atomic mass is 10.1. The van der Waals surface area contributed by atoms with Crippen LogP contribution in [0, 0.1) is 0 Å². The highest BCUT2D eigenvalue weighted by Crippen LogP contribution is 2.17. The van der Waals surface area contributed by atoms with E-state index in [1.807, 2.05) is 18.2 Å². The van der Waals surface area contributed by atoms with Gasteiger partial charge in [0.1, 0.15) is 23.7 Å². The van der Waals surface area contributed by atoms with Gasteiger partial charge in [0.25, 0.3) is 0 Å². The molecule has 3 rings (SSSR count). The molecule has 0 radical (unpaired) electrons. The van der Waals surface area contributed by atoms with Crippen molar-refractivity contribution in [3.63, 3.8) is 0 Å². The summed E-state index contributed by atoms with van der Waals surface area (Å²) in [6.45, 7) is 0.719. The smallest absolute Gasteiger partial charge is 0.335 e. The molecule has 0 unspecified atom stereocenters. The fourth-order valence-corrected chi connectivity index (χ4v) is 2.53. The van der Waals surface area contributed by atoms with Crippen molar-refractivity contribution in [1.29, 1.82) is 0 Å². The summed E-state index contributed by atoms with van der Waals surface area (Å²) in [5, 5.41) is 15.3. The Balaban J connectivity index is 1.57. The minimum atomic E-state index is -0.953. The molecule has 0 aliphatic rings. The zero-order valence-corrected chi connectivity index (χ0v) is 14.8. The molecule has 138 valence electrons. The number of nitrogens with one attached hydrogen (secondary N) is 2. The van der Waals surface area contributed by atoms with Crippen molar-refractivity contribution < 1.29 is 14.6 Å². The normalized spacial score (nSPS) is 10.3. The van der Waals surface area contributed by atoms with Gasteiger partial charge < -0.3 is 20.5 Å². The fraction of sp³-hybridized carbons (Fsp3) is 0.150. The van der Waals surface area contributed by atoms with Crippen molar-refractivity contribution in [3.8, 4) is 5.75 Å². The van der Waals surface area contributed by atoms with E-state index < -0.39 is 5.97 Å². The standard InChI is InChI=1S/C20H20N4O3/c1-27-17-4-2-3-14(11-17)9-10-21-18-12-19(23-13-22-18)24-16-7-5-15(6-8-16)20(25)26/h2-8,11-13H,9-10H2,1H3,(H,25,26)(H2,21,22,23,24). The molecule has 0 fully saturated rings. The van der Waals surface area contributed by atoms with E-state index in [4.69, 9.17) is 9.84 Å². The van der Waals surface area contributed by atoms with E-state index >= 15 is 0 Å². The molecule has 0 spiro atoms. The number of nitrogens with zero attached hydrogens (tertiary/aromatic N) is 2. The summed E-state index contributed by atoms with van der Waals surface area (Å²) in [7, 11) is 1.65. The van der Waals surface area contributed by atoms with Crippen molar-refractivity contribution >= 4 is 23.3 Å². The SMILES string of the molecule is COc1cccc(CCNc2cc(Nc3ccc(C(=O)O)cc3)ncn2)c1. The Morgan fingerprint density at radius 2 is 1.85 bits per heavy atom. The lowest BCUT2D eigenvalue weighted by Gasteiger charge is -2.09. The van der Waals surface area contributed by atoms with Gasteiger partial charge in [-0.2, -0.15) is 0 Å². The van der Waals surface area contributed by atoms with Crippen molar-refractivity contribution in [2.45, 2.75) is 6.42 Å². The monoisotopic (exact) mass is 364 g/mol. The van der Waals surface area contributed by atoms with Gasteiger partial charge in [-0.1, -0.05) is 12.1 Å². The van der Waals surface area contributed by atoms with Gasteiger partial charge in [-0.15, -0.1) is 0 Å². The highest BCUT2D eigenvalue weighted by molar-refractivity contribution is 5.88. The molecule has 7 heteroatoms. The third-order valence-corrected chi connectivity index (χ3v) is 3.93. The number of carbonyl (C=O) groups is 1. The third kappa shape index (κ3) is 5.18. The second kappa shape index (κ2) is 8.66. The Bertz CT molecular complexity index is 913. The van der Waals surface area contributed by atoms with E-state index in [9.17, 15) is 4.79 Å². The van der Waals surface area contributed by atoms with Gasteiger partial charge in [-0.25, -0.2) is 14.8 Å². The minimum Gasteiger partial charge on any atom is -0.497 e. The maximum atomic E-state index is 10.9. The molecule has 7 nitrogen and oxygen atoms in total. The summed E-state index contributed by atoms with van der Waals surface area (Å²) in [5.41, 5.74) is 2.16. The highest BCUT2D eigenvalue weighted by atomic mass is 16.5. The van der Waals surface area contributed by atoms with Crippen LogP contribution < -0.4 is 15.4 Å². The number of ether oxygens (including phenoxy) is 1. The quantitative estimate of drug-likeness (QED) is 0.562. The van der Waals surface area contributed by atoms with Crippen LogP contribution in [0.4, 0.5) is 17.3 Å². The Morgan fingerprint density at radius 3 is 2.59 bits per heavy atom. The van der Waals surface area contributed by atoms with Crippen molar-refractivity contribution in [2.24, 2.45) is 0 Å². The van der Waals surface area contributed by atoms with Gasteiger partial charge in [-0.05, 0) is 48.4 Å². The molecule has 1 aromatic heterocycles. The molecule has 0 aliphatic carbocycles. The zero-order chi connectivity index (χ0) is 19.1. The maximum Gasteiger partial charge on any atom is 0.335 e. The van der Waals surface area contributed by atoms with Crippen LogP contribution in [0.5, 0.6) is 5.75 Å². The van der Waals surface area contributed by atoms with E-state index in [1.54, 1.807) is 37.4 Å². The van der Waals surface area contributed by atoms with E-state index in [0.717, 1.165) is 24.4 Å². The van der Waals surface area contributed by atoms with E-state index in [2.05, 4.69) is 26.7 Å². The fourth-order valence-electron chi connectivity index (χ4n) is 2.53. The van der Waals surface area contributed by atoms with Crippen molar-refractivity contribution in [3.05, 3.63) is 72.1 Å². The van der Waals surface area contributed by atoms with E-state index in [-0.39, 0.29) is 5.56 Å². The molecular formula is C20H20N4O3. The predicted octanol–water partition coefficient (Wildman–Crippen LogP) is 3.58. The van der Waals surface area contributed by atoms with E-state index in [1.165, 1.54) is 11.9 Å². The molecule has 0 bridgehead atoms. The first kappa shape index (κ1) is 18.2. The molecule has 1 heterocycles. The van der Waals surface area contributed by atoms with Crippen LogP contribution in [0.25, 0.3) is 0 Å². The number of aromatic carboxylic acids is 1. The maximum absolute atomic E-state index is 10.9. The number of hydrogen-bond acceptors (Lipinski definition) is 6. The van der Waals surface area contributed by atoms with E-state index in [0.29, 0.717) is 11.6 Å². The topological polar surface area (TPSA) is 96.4 Å². The largest absolute Gasteiger partial charge is 0.497 e. The average molecular weight is 364 g/mol. The Labute approximate surface area is 157 Å². The Morgan fingerprint density at radius 1 is 1.07 bits per heavy atom. The zero-order valence-electron chi connectivity index (χ0n) is 14.8. The lowest BCUT2D eigenvalue weighted by molar-refractivity contribution is 0.0697. The summed E-state index contributed by atoms with van der Waals surface area (Å²) >= 11 is 0. The molecule has 3 N–H and O–H groups in total. The molecule has 0 amide bonds. The predicted molar refractivity (Wildman–Crippen MR) is 104 cm³/mol. The second-order valence-electron chi connectivity index (χ2n) is 5.82. The van der Waals surface area contributed by atoms with Gasteiger partial charge in [0, 0.05) is 18.3 Å². The lowest BCUT2D eigenvalue weighted by Crippen LogP contribution is -2.07. The summed E-state index contributed by atoms with van der Waals surface area (Å²) in [6, 6.07) is 16.2. The molecule has 0 aliphatic heterocycles. The number of benzene rings is 2. The Kier molecular flexibility index (Phi) is 5.84. The van der Waals surface area contributed by atoms with Gasteiger partial charge >= 0.3 is 5.97 Å². The van der Waals surface area contributed by atoms with Crippen LogP contribution in [-0.2, 0) is 6.42 Å². The number of carboxylic acids is 1. The van der Waals surface area contributed by atoms with Crippen LogP contribution >= 0.6 is 0 Å². The number of rotatable bonds is 8. The summed E-state index contributed by atoms with van der Waals surface area (Å²) < 4.78 is 5.23. The van der Waals surface area contributed by atoms with Crippen molar-refractivity contribution in [2.75, 3.05) is 24.3 Å². The average Bonchev–Trinajstić information content (AvgIpc) is 2.69. The first-order valence-corrected chi connectivity index (χ1v) is 8.43. The minimum absolute atomic E-state index is 0.239. The van der Waals surface area contributed by atoms with Crippen LogP contribution in [0.15, 0.2) is 60.9 Å². The van der Waals surface area contributed by atoms with Crippen LogP contribution in [-0.4, -0.2) is 34.7 Å². The number of carboxylic acid groups (broad SMARTS) is 1. The highest BCUT2D eigenvalue weighted by Gasteiger charge is 2.04. The number of anilines is 3. The van der Waals surface area contributed by atoms with Crippen LogP contribution in [0.3, 0.4) is 0 Å². The van der Waals surface area contributed by atoms with Crippen LogP contribution in [0.1, 0.15) is 15.9 Å². The second-order valence-corrected chi connectivity index (χ2v) is 5.82. The van der Waals surface area contributed by atoms with Gasteiger partial charge in [0.15, 0.2) is 0 Å². The number of methoxy groups -OCH3 is 1. The van der Waals surface area contributed by atoms with Crippen LogP contribution in [0.2, 0.25) is 0 Å². The number of hydrogen-bond donors (Lipinski definition) is 3. The van der Waals surface area contributed by atoms with Gasteiger partial charge in [0.05, 0.1) is 12.7 Å². The molecule has 2 aromatic carbocycles. The molecule has 0 atom stereocenters. The summed E-state index contributed by atoms with van der Waals surface area (Å²) in [6.07, 6.45) is 2.31.